The molecule has 2 aromatic rings. The third-order valence-corrected chi connectivity index (χ3v) is 2.92. The summed E-state index contributed by atoms with van der Waals surface area (Å²) in [7, 11) is 0. The molecule has 0 aliphatic heterocycles. The lowest BCUT2D eigenvalue weighted by molar-refractivity contribution is 0.0994. The number of hydrogen-bond acceptors (Lipinski definition) is 3. The quantitative estimate of drug-likeness (QED) is 0.460. The molecule has 0 N–H and O–H groups in total. The van der Waals surface area contributed by atoms with E-state index in [1.807, 2.05) is 6.07 Å². The van der Waals surface area contributed by atoms with Crippen LogP contribution < -0.4 is 0 Å². The number of amides is 1. The van der Waals surface area contributed by atoms with E-state index in [9.17, 15) is 4.79 Å². The number of azide groups is 1. The zero-order valence-electron chi connectivity index (χ0n) is 8.44. The SMILES string of the molecule is N#Cc1sccc1-n1cccc1C(=O)N=[N+]=[N-]. The third-order valence-electron chi connectivity index (χ3n) is 2.11. The van der Waals surface area contributed by atoms with Crippen LogP contribution >= 0.6 is 11.3 Å². The van der Waals surface area contributed by atoms with Gasteiger partial charge >= 0.3 is 0 Å². The van der Waals surface area contributed by atoms with Gasteiger partial charge in [-0.2, -0.15) is 5.26 Å². The molecule has 2 heterocycles. The highest BCUT2D eigenvalue weighted by Gasteiger charge is 2.13. The van der Waals surface area contributed by atoms with Crippen LogP contribution in [0.3, 0.4) is 0 Å². The predicted molar refractivity (Wildman–Crippen MR) is 61.8 cm³/mol. The minimum atomic E-state index is -0.674. The molecule has 2 aromatic heterocycles. The molecule has 2 rings (SSSR count). The number of rotatable bonds is 2. The van der Waals surface area contributed by atoms with E-state index in [2.05, 4.69) is 10.0 Å². The first-order valence-corrected chi connectivity index (χ1v) is 5.40. The van der Waals surface area contributed by atoms with E-state index < -0.39 is 5.91 Å². The number of nitriles is 1. The maximum absolute atomic E-state index is 11.5. The summed E-state index contributed by atoms with van der Waals surface area (Å²) >= 11 is 1.28. The van der Waals surface area contributed by atoms with E-state index in [0.29, 0.717) is 10.6 Å². The van der Waals surface area contributed by atoms with Crippen LogP contribution in [-0.2, 0) is 0 Å². The first-order valence-electron chi connectivity index (χ1n) is 4.52. The van der Waals surface area contributed by atoms with Crippen LogP contribution in [0.25, 0.3) is 16.1 Å². The first kappa shape index (κ1) is 11.0. The van der Waals surface area contributed by atoms with E-state index in [1.165, 1.54) is 22.0 Å². The van der Waals surface area contributed by atoms with Gasteiger partial charge in [0.2, 0.25) is 0 Å². The third kappa shape index (κ3) is 1.90. The maximum Gasteiger partial charge on any atom is 0.265 e. The van der Waals surface area contributed by atoms with E-state index in [1.54, 1.807) is 23.7 Å². The fourth-order valence-electron chi connectivity index (χ4n) is 1.43. The van der Waals surface area contributed by atoms with Crippen molar-refractivity contribution in [1.82, 2.24) is 4.57 Å². The number of carbonyl (C=O) groups is 1. The summed E-state index contributed by atoms with van der Waals surface area (Å²) < 4.78 is 1.53. The van der Waals surface area contributed by atoms with Gasteiger partial charge in [0, 0.05) is 11.1 Å². The number of aromatic nitrogens is 1. The van der Waals surface area contributed by atoms with Crippen LogP contribution in [0.2, 0.25) is 0 Å². The van der Waals surface area contributed by atoms with Crippen molar-refractivity contribution in [2.75, 3.05) is 0 Å². The summed E-state index contributed by atoms with van der Waals surface area (Å²) in [5.41, 5.74) is 9.08. The lowest BCUT2D eigenvalue weighted by Gasteiger charge is -2.04. The molecule has 0 aromatic carbocycles. The summed E-state index contributed by atoms with van der Waals surface area (Å²) in [6, 6.07) is 6.97. The van der Waals surface area contributed by atoms with Gasteiger partial charge < -0.3 is 4.57 Å². The van der Waals surface area contributed by atoms with E-state index in [4.69, 9.17) is 10.8 Å². The monoisotopic (exact) mass is 243 g/mol. The first-order chi connectivity index (χ1) is 8.27. The largest absolute Gasteiger partial charge is 0.312 e. The Morgan fingerprint density at radius 3 is 3.12 bits per heavy atom. The van der Waals surface area contributed by atoms with Crippen molar-refractivity contribution < 1.29 is 4.79 Å². The molecule has 0 spiro atoms. The normalized spacial score (nSPS) is 9.35. The summed E-state index contributed by atoms with van der Waals surface area (Å²) in [6.45, 7) is 0. The highest BCUT2D eigenvalue weighted by molar-refractivity contribution is 7.10. The van der Waals surface area contributed by atoms with Crippen LogP contribution in [0.15, 0.2) is 34.9 Å². The van der Waals surface area contributed by atoms with Crippen molar-refractivity contribution in [3.63, 3.8) is 0 Å². The minimum Gasteiger partial charge on any atom is -0.312 e. The molecule has 0 fully saturated rings. The number of carbonyl (C=O) groups excluding carboxylic acids is 1. The van der Waals surface area contributed by atoms with Gasteiger partial charge in [0.05, 0.1) is 11.4 Å². The molecule has 82 valence electrons. The van der Waals surface area contributed by atoms with Gasteiger partial charge in [-0.1, -0.05) is 0 Å². The Morgan fingerprint density at radius 1 is 1.59 bits per heavy atom. The minimum absolute atomic E-state index is 0.234. The molecule has 0 atom stereocenters. The average molecular weight is 243 g/mol. The Hall–Kier alpha value is -2.55. The van der Waals surface area contributed by atoms with Gasteiger partial charge in [0.1, 0.15) is 10.9 Å². The van der Waals surface area contributed by atoms with Crippen LogP contribution in [0.1, 0.15) is 15.4 Å². The highest BCUT2D eigenvalue weighted by atomic mass is 32.1. The van der Waals surface area contributed by atoms with Gasteiger partial charge in [0.25, 0.3) is 5.91 Å². The number of hydrogen-bond donors (Lipinski definition) is 0. The van der Waals surface area contributed by atoms with Gasteiger partial charge in [-0.05, 0) is 34.2 Å². The van der Waals surface area contributed by atoms with Crippen LogP contribution in [-0.4, -0.2) is 10.5 Å². The van der Waals surface area contributed by atoms with Crippen molar-refractivity contribution in [1.29, 1.82) is 5.26 Å². The van der Waals surface area contributed by atoms with Crippen molar-refractivity contribution in [2.24, 2.45) is 5.11 Å². The zero-order chi connectivity index (χ0) is 12.3. The van der Waals surface area contributed by atoms with Gasteiger partial charge in [-0.15, -0.1) is 11.3 Å². The highest BCUT2D eigenvalue weighted by Crippen LogP contribution is 2.22. The van der Waals surface area contributed by atoms with Crippen molar-refractivity contribution in [3.8, 4) is 11.8 Å². The average Bonchev–Trinajstić information content (AvgIpc) is 2.97. The molecule has 0 radical (unpaired) electrons. The maximum atomic E-state index is 11.5. The lowest BCUT2D eigenvalue weighted by Crippen LogP contribution is -2.04. The summed E-state index contributed by atoms with van der Waals surface area (Å²) in [6.07, 6.45) is 1.64. The summed E-state index contributed by atoms with van der Waals surface area (Å²) in [5, 5.41) is 13.7. The topological polar surface area (TPSA) is 94.5 Å². The molecule has 0 saturated carbocycles. The second kappa shape index (κ2) is 4.53. The predicted octanol–water partition coefficient (Wildman–Crippen LogP) is 2.86. The zero-order valence-corrected chi connectivity index (χ0v) is 9.26. The van der Waals surface area contributed by atoms with Gasteiger partial charge in [-0.3, -0.25) is 4.79 Å². The van der Waals surface area contributed by atoms with Crippen LogP contribution in [0.5, 0.6) is 0 Å². The van der Waals surface area contributed by atoms with Crippen LogP contribution in [0.4, 0.5) is 0 Å². The van der Waals surface area contributed by atoms with Crippen molar-refractivity contribution >= 4 is 17.2 Å². The molecule has 0 unspecified atom stereocenters. The van der Waals surface area contributed by atoms with Gasteiger partial charge in [0.15, 0.2) is 0 Å². The smallest absolute Gasteiger partial charge is 0.265 e. The molecule has 6 nitrogen and oxygen atoms in total. The molecule has 1 amide bonds. The molecule has 7 heteroatoms. The van der Waals surface area contributed by atoms with E-state index >= 15 is 0 Å². The Morgan fingerprint density at radius 2 is 2.41 bits per heavy atom. The molecular weight excluding hydrogens is 238 g/mol. The van der Waals surface area contributed by atoms with E-state index in [0.717, 1.165) is 0 Å². The molecule has 0 bridgehead atoms. The standard InChI is InChI=1S/C10H5N5OS/c11-6-9-7(3-5-17-9)15-4-1-2-8(15)10(16)13-14-12/h1-5H. The second-order valence-electron chi connectivity index (χ2n) is 3.00. The van der Waals surface area contributed by atoms with E-state index in [-0.39, 0.29) is 5.69 Å². The Labute approximate surface area is 100.0 Å². The molecule has 0 saturated heterocycles. The number of nitrogens with zero attached hydrogens (tertiary/aromatic N) is 5. The van der Waals surface area contributed by atoms with Crippen LogP contribution in [0, 0.1) is 11.3 Å². The number of thiophene rings is 1. The van der Waals surface area contributed by atoms with Crippen molar-refractivity contribution in [2.45, 2.75) is 0 Å². The van der Waals surface area contributed by atoms with Crippen molar-refractivity contribution in [3.05, 3.63) is 50.8 Å². The summed E-state index contributed by atoms with van der Waals surface area (Å²) in [4.78, 5) is 14.5. The Kier molecular flexibility index (Phi) is 2.92. The summed E-state index contributed by atoms with van der Waals surface area (Å²) in [5.74, 6) is -0.674. The fraction of sp³-hybridized carbons (Fsp3) is 0. The Bertz CT molecular complexity index is 656. The molecule has 17 heavy (non-hydrogen) atoms. The Balaban J connectivity index is 2.55. The molecular formula is C10H5N5OS. The van der Waals surface area contributed by atoms with Gasteiger partial charge in [-0.25, -0.2) is 0 Å². The molecule has 0 aliphatic rings. The second-order valence-corrected chi connectivity index (χ2v) is 3.92. The fourth-order valence-corrected chi connectivity index (χ4v) is 2.11. The lowest BCUT2D eigenvalue weighted by atomic mass is 10.3. The molecule has 0 aliphatic carbocycles.